The molecule has 0 bridgehead atoms. The number of hydrogen-bond donors (Lipinski definition) is 3. The Morgan fingerprint density at radius 2 is 1.45 bits per heavy atom. The Morgan fingerprint density at radius 3 is 2.00 bits per heavy atom. The van der Waals surface area contributed by atoms with E-state index in [-0.39, 0.29) is 23.8 Å². The highest BCUT2D eigenvalue weighted by Crippen LogP contribution is 2.29. The minimum absolute atomic E-state index is 0.0177. The lowest BCUT2D eigenvalue weighted by Crippen LogP contribution is -2.44. The zero-order valence-electron chi connectivity index (χ0n) is 16.9. The molecule has 0 aromatic heterocycles. The molecule has 0 spiro atoms. The quantitative estimate of drug-likeness (QED) is 0.161. The molecule has 3 rings (SSSR count). The van der Waals surface area contributed by atoms with E-state index in [4.69, 9.17) is 11.5 Å². The lowest BCUT2D eigenvalue weighted by molar-refractivity contribution is -0.143. The zero-order chi connectivity index (χ0) is 20.8. The number of amides is 3. The van der Waals surface area contributed by atoms with E-state index >= 15 is 0 Å². The van der Waals surface area contributed by atoms with E-state index in [2.05, 4.69) is 15.5 Å². The molecule has 1 saturated heterocycles. The number of nitrogens with zero attached hydrogens (tertiary/aromatic N) is 3. The van der Waals surface area contributed by atoms with Crippen molar-refractivity contribution in [2.24, 2.45) is 27.6 Å². The summed E-state index contributed by atoms with van der Waals surface area (Å²) in [6, 6.07) is -0.179. The van der Waals surface area contributed by atoms with Gasteiger partial charge in [0.05, 0.1) is 0 Å². The molecule has 0 aromatic rings. The minimum atomic E-state index is -1.28. The van der Waals surface area contributed by atoms with Crippen molar-refractivity contribution >= 4 is 29.4 Å². The third-order valence-electron chi connectivity index (χ3n) is 6.12. The number of guanidine groups is 1. The molecule has 1 unspecified atom stereocenters. The number of nitrogens with one attached hydrogen (secondary N) is 1. The van der Waals surface area contributed by atoms with Gasteiger partial charge in [-0.1, -0.05) is 51.4 Å². The molecule has 9 heteroatoms. The van der Waals surface area contributed by atoms with E-state index in [1.165, 1.54) is 4.90 Å². The van der Waals surface area contributed by atoms with Crippen LogP contribution in [-0.2, 0) is 14.4 Å². The van der Waals surface area contributed by atoms with Crippen LogP contribution < -0.4 is 16.8 Å². The highest BCUT2D eigenvalue weighted by molar-refractivity contribution is 6.54. The fourth-order valence-electron chi connectivity index (χ4n) is 4.62. The summed E-state index contributed by atoms with van der Waals surface area (Å²) in [7, 11) is 0. The number of carbonyl (C=O) groups excluding carboxylic acids is 3. The summed E-state index contributed by atoms with van der Waals surface area (Å²) in [6.07, 6.45) is 11.8. The molecule has 29 heavy (non-hydrogen) atoms. The van der Waals surface area contributed by atoms with Gasteiger partial charge < -0.3 is 16.8 Å². The average Bonchev–Trinajstić information content (AvgIpc) is 2.98. The van der Waals surface area contributed by atoms with Crippen molar-refractivity contribution in [3.8, 4) is 0 Å². The lowest BCUT2D eigenvalue weighted by Gasteiger charge is -2.25. The molecule has 1 atom stereocenters. The molecule has 9 nitrogen and oxygen atoms in total. The second-order valence-corrected chi connectivity index (χ2v) is 8.30. The van der Waals surface area contributed by atoms with Crippen molar-refractivity contribution in [2.75, 3.05) is 0 Å². The topological polar surface area (TPSA) is 143 Å². The van der Waals surface area contributed by atoms with E-state index in [0.717, 1.165) is 77.0 Å². The molecule has 0 radical (unpaired) electrons. The molecule has 1 aliphatic heterocycles. The Hall–Kier alpha value is -2.45. The van der Waals surface area contributed by atoms with Gasteiger partial charge in [-0.3, -0.25) is 19.3 Å². The molecule has 3 aliphatic rings. The predicted octanol–water partition coefficient (Wildman–Crippen LogP) is 1.16. The van der Waals surface area contributed by atoms with E-state index in [9.17, 15) is 14.4 Å². The average molecular weight is 405 g/mol. The Kier molecular flexibility index (Phi) is 7.22. The standard InChI is InChI=1S/C20H32N6O3/c21-20(22)25-24-16-15(17(27)23-13-9-5-1-2-6-10-13)18(28)26(19(16)29)14-11-7-3-4-8-12-14/h13-15H,1-12H2,(H,23,27)(H4,21,22,25)/b24-16-. The van der Waals surface area contributed by atoms with Crippen molar-refractivity contribution in [1.29, 1.82) is 0 Å². The van der Waals surface area contributed by atoms with Crippen LogP contribution in [0.5, 0.6) is 0 Å². The first-order valence-corrected chi connectivity index (χ1v) is 10.8. The van der Waals surface area contributed by atoms with Crippen molar-refractivity contribution in [1.82, 2.24) is 10.2 Å². The van der Waals surface area contributed by atoms with Gasteiger partial charge in [-0.2, -0.15) is 0 Å². The van der Waals surface area contributed by atoms with E-state index < -0.39 is 23.6 Å². The van der Waals surface area contributed by atoms with Gasteiger partial charge in [0.25, 0.3) is 5.91 Å². The molecule has 2 aliphatic carbocycles. The Bertz CT molecular complexity index is 684. The summed E-state index contributed by atoms with van der Waals surface area (Å²) in [5.74, 6) is -3.13. The maximum atomic E-state index is 13.2. The molecule has 160 valence electrons. The van der Waals surface area contributed by atoms with Crippen molar-refractivity contribution in [3.63, 3.8) is 0 Å². The fraction of sp³-hybridized carbons (Fsp3) is 0.750. The van der Waals surface area contributed by atoms with Crippen LogP contribution in [0.25, 0.3) is 0 Å². The maximum absolute atomic E-state index is 13.2. The van der Waals surface area contributed by atoms with Gasteiger partial charge in [-0.05, 0) is 25.7 Å². The summed E-state index contributed by atoms with van der Waals surface area (Å²) in [5.41, 5.74) is 10.5. The molecular formula is C20H32N6O3. The minimum Gasteiger partial charge on any atom is -0.369 e. The van der Waals surface area contributed by atoms with Crippen LogP contribution in [0.3, 0.4) is 0 Å². The van der Waals surface area contributed by atoms with Gasteiger partial charge in [-0.15, -0.1) is 10.2 Å². The first-order chi connectivity index (χ1) is 14.0. The molecule has 2 saturated carbocycles. The van der Waals surface area contributed by atoms with E-state index in [0.29, 0.717) is 0 Å². The lowest BCUT2D eigenvalue weighted by atomic mass is 10.0. The summed E-state index contributed by atoms with van der Waals surface area (Å²) in [4.78, 5) is 40.5. The van der Waals surface area contributed by atoms with Crippen LogP contribution in [-0.4, -0.2) is 46.4 Å². The third kappa shape index (κ3) is 5.13. The third-order valence-corrected chi connectivity index (χ3v) is 6.12. The normalized spacial score (nSPS) is 26.3. The van der Waals surface area contributed by atoms with Gasteiger partial charge in [0.2, 0.25) is 17.8 Å². The van der Waals surface area contributed by atoms with Gasteiger partial charge in [0.1, 0.15) is 0 Å². The van der Waals surface area contributed by atoms with E-state index in [1.54, 1.807) is 0 Å². The number of likely N-dealkylation sites (tertiary alicyclic amines) is 1. The predicted molar refractivity (Wildman–Crippen MR) is 110 cm³/mol. The Balaban J connectivity index is 1.83. The van der Waals surface area contributed by atoms with Crippen LogP contribution in [0.1, 0.15) is 77.0 Å². The molecule has 1 heterocycles. The number of imide groups is 1. The summed E-state index contributed by atoms with van der Waals surface area (Å²) >= 11 is 0. The summed E-state index contributed by atoms with van der Waals surface area (Å²) in [5, 5.41) is 10.4. The molecular weight excluding hydrogens is 372 g/mol. The molecule has 3 fully saturated rings. The molecule has 3 amide bonds. The van der Waals surface area contributed by atoms with Crippen LogP contribution in [0.4, 0.5) is 0 Å². The Labute approximate surface area is 171 Å². The summed E-state index contributed by atoms with van der Waals surface area (Å²) in [6.45, 7) is 0. The molecule has 5 N–H and O–H groups in total. The van der Waals surface area contributed by atoms with Gasteiger partial charge in [-0.25, -0.2) is 0 Å². The van der Waals surface area contributed by atoms with Crippen LogP contribution in [0.15, 0.2) is 10.2 Å². The SMILES string of the molecule is NC(N)=N/N=C1\C(=O)N(C2CCCCCC2)C(=O)C1C(=O)NC1CCCCCC1. The second-order valence-electron chi connectivity index (χ2n) is 8.30. The number of rotatable bonds is 4. The first-order valence-electron chi connectivity index (χ1n) is 10.8. The van der Waals surface area contributed by atoms with Crippen LogP contribution >= 0.6 is 0 Å². The Morgan fingerprint density at radius 1 is 0.897 bits per heavy atom. The highest BCUT2D eigenvalue weighted by atomic mass is 16.2. The first kappa shape index (κ1) is 21.3. The second kappa shape index (κ2) is 9.84. The van der Waals surface area contributed by atoms with Crippen LogP contribution in [0, 0.1) is 5.92 Å². The summed E-state index contributed by atoms with van der Waals surface area (Å²) < 4.78 is 0. The van der Waals surface area contributed by atoms with Gasteiger partial charge in [0.15, 0.2) is 11.6 Å². The monoisotopic (exact) mass is 404 g/mol. The largest absolute Gasteiger partial charge is 0.369 e. The van der Waals surface area contributed by atoms with Crippen molar-refractivity contribution < 1.29 is 14.4 Å². The smallest absolute Gasteiger partial charge is 0.278 e. The van der Waals surface area contributed by atoms with Gasteiger partial charge in [0, 0.05) is 12.1 Å². The number of nitrogens with two attached hydrogens (primary N) is 2. The maximum Gasteiger partial charge on any atom is 0.278 e. The van der Waals surface area contributed by atoms with E-state index in [1.807, 2.05) is 0 Å². The van der Waals surface area contributed by atoms with Crippen molar-refractivity contribution in [3.05, 3.63) is 0 Å². The number of hydrogen-bond acceptors (Lipinski definition) is 5. The molecule has 0 aromatic carbocycles. The highest BCUT2D eigenvalue weighted by Gasteiger charge is 2.51. The zero-order valence-corrected chi connectivity index (χ0v) is 16.9. The van der Waals surface area contributed by atoms with Crippen LogP contribution in [0.2, 0.25) is 0 Å². The number of carbonyl (C=O) groups is 3. The van der Waals surface area contributed by atoms with Crippen molar-refractivity contribution in [2.45, 2.75) is 89.1 Å². The van der Waals surface area contributed by atoms with Gasteiger partial charge >= 0.3 is 0 Å². The fourth-order valence-corrected chi connectivity index (χ4v) is 4.62.